The van der Waals surface area contributed by atoms with Crippen LogP contribution in [0.3, 0.4) is 0 Å². The molecule has 0 atom stereocenters. The molecule has 3 heteroatoms. The summed E-state index contributed by atoms with van der Waals surface area (Å²) in [6.45, 7) is 7.22. The van der Waals surface area contributed by atoms with Crippen LogP contribution in [0.1, 0.15) is 21.7 Å². The third kappa shape index (κ3) is 7.37. The van der Waals surface area contributed by atoms with Crippen LogP contribution >= 0.6 is 0 Å². The summed E-state index contributed by atoms with van der Waals surface area (Å²) < 4.78 is 0. The maximum Gasteiger partial charge on any atom is 1.00 e. The minimum Gasteiger partial charge on any atom is -1.00 e. The van der Waals surface area contributed by atoms with Crippen molar-refractivity contribution in [3.8, 4) is 0 Å². The van der Waals surface area contributed by atoms with Gasteiger partial charge in [-0.3, -0.25) is 0 Å². The van der Waals surface area contributed by atoms with E-state index in [-0.39, 0.29) is 52.8 Å². The summed E-state index contributed by atoms with van der Waals surface area (Å²) in [5.41, 5.74) is 0. The second-order valence-electron chi connectivity index (χ2n) is 1.98. The predicted molar refractivity (Wildman–Crippen MR) is 39.6 cm³/mol. The van der Waals surface area contributed by atoms with Gasteiger partial charge >= 0.3 is 51.4 Å². The molecule has 0 saturated heterocycles. The molecule has 0 unspecified atom stereocenters. The van der Waals surface area contributed by atoms with Crippen LogP contribution in [-0.2, 0) is 4.79 Å². The Morgan fingerprint density at radius 2 is 1.90 bits per heavy atom. The van der Waals surface area contributed by atoms with E-state index in [1.165, 1.54) is 0 Å². The number of hydrogen-bond acceptors (Lipinski definition) is 2. The average molecular weight is 169 g/mol. The number of hydrogen-bond donors (Lipinski definition) is 0. The first-order chi connectivity index (χ1) is 4.35. The zero-order chi connectivity index (χ0) is 7.11. The number of aldehydes is 1. The molecular formula is C7H16KNO. The monoisotopic (exact) mass is 169 g/mol. The molecule has 0 aromatic rings. The Bertz CT molecular complexity index is 78.8. The van der Waals surface area contributed by atoms with Gasteiger partial charge in [0.2, 0.25) is 0 Å². The van der Waals surface area contributed by atoms with Gasteiger partial charge < -0.3 is 11.1 Å². The van der Waals surface area contributed by atoms with Crippen molar-refractivity contribution in [2.24, 2.45) is 0 Å². The molecule has 56 valence electrons. The topological polar surface area (TPSA) is 20.3 Å². The summed E-state index contributed by atoms with van der Waals surface area (Å²) in [7, 11) is 0. The molecule has 10 heavy (non-hydrogen) atoms. The van der Waals surface area contributed by atoms with E-state index in [0.29, 0.717) is 6.42 Å². The molecule has 0 aliphatic heterocycles. The van der Waals surface area contributed by atoms with Gasteiger partial charge in [-0.05, 0) is 13.1 Å². The molecule has 0 N–H and O–H groups in total. The van der Waals surface area contributed by atoms with Crippen molar-refractivity contribution < 1.29 is 57.6 Å². The van der Waals surface area contributed by atoms with Crippen molar-refractivity contribution in [1.82, 2.24) is 4.90 Å². The minimum absolute atomic E-state index is 0. The number of rotatable bonds is 5. The molecule has 0 spiro atoms. The van der Waals surface area contributed by atoms with Crippen LogP contribution in [0.4, 0.5) is 0 Å². The van der Waals surface area contributed by atoms with Gasteiger partial charge in [-0.15, -0.1) is 0 Å². The molecule has 0 radical (unpaired) electrons. The standard InChI is InChI=1S/C7H15NO.K.H/c1-3-8(4-2)6-5-7-9;;/h7H,3-6H2,1-2H3;;/q;+1;-1. The molecule has 0 aromatic heterocycles. The molecule has 0 rings (SSSR count). The molecule has 0 fully saturated rings. The summed E-state index contributed by atoms with van der Waals surface area (Å²) in [4.78, 5) is 12.1. The molecule has 0 heterocycles. The van der Waals surface area contributed by atoms with Crippen molar-refractivity contribution in [1.29, 1.82) is 0 Å². The van der Waals surface area contributed by atoms with Gasteiger partial charge in [-0.25, -0.2) is 0 Å². The van der Waals surface area contributed by atoms with Crippen LogP contribution in [0.2, 0.25) is 0 Å². The predicted octanol–water partition coefficient (Wildman–Crippen LogP) is -1.97. The SMILES string of the molecule is CCN(CC)CCC=O.[H-].[K+]. The maximum absolute atomic E-state index is 9.91. The fourth-order valence-corrected chi connectivity index (χ4v) is 0.775. The van der Waals surface area contributed by atoms with Crippen LogP contribution in [0.25, 0.3) is 0 Å². The first-order valence-corrected chi connectivity index (χ1v) is 3.51. The van der Waals surface area contributed by atoms with Crippen molar-refractivity contribution >= 4 is 6.29 Å². The number of carbonyl (C=O) groups is 1. The Kier molecular flexibility index (Phi) is 14.2. The van der Waals surface area contributed by atoms with Crippen LogP contribution < -0.4 is 51.4 Å². The zero-order valence-corrected chi connectivity index (χ0v) is 10.4. The van der Waals surface area contributed by atoms with Gasteiger partial charge in [0.15, 0.2) is 0 Å². The van der Waals surface area contributed by atoms with Crippen molar-refractivity contribution in [2.45, 2.75) is 20.3 Å². The van der Waals surface area contributed by atoms with E-state index in [0.717, 1.165) is 25.9 Å². The summed E-state index contributed by atoms with van der Waals surface area (Å²) >= 11 is 0. The first kappa shape index (κ1) is 13.8. The number of carbonyl (C=O) groups excluding carboxylic acids is 1. The first-order valence-electron chi connectivity index (χ1n) is 3.51. The minimum atomic E-state index is 0. The third-order valence-corrected chi connectivity index (χ3v) is 1.46. The molecule has 0 aliphatic carbocycles. The fourth-order valence-electron chi connectivity index (χ4n) is 0.775. The van der Waals surface area contributed by atoms with Gasteiger partial charge in [0.1, 0.15) is 6.29 Å². The van der Waals surface area contributed by atoms with E-state index in [2.05, 4.69) is 18.7 Å². The van der Waals surface area contributed by atoms with Crippen LogP contribution in [0.5, 0.6) is 0 Å². The molecule has 0 saturated carbocycles. The van der Waals surface area contributed by atoms with E-state index in [9.17, 15) is 4.79 Å². The van der Waals surface area contributed by atoms with Crippen LogP contribution in [-0.4, -0.2) is 30.8 Å². The van der Waals surface area contributed by atoms with Gasteiger partial charge in [-0.1, -0.05) is 13.8 Å². The molecule has 0 bridgehead atoms. The van der Waals surface area contributed by atoms with Gasteiger partial charge in [-0.2, -0.15) is 0 Å². The maximum atomic E-state index is 9.91. The average Bonchev–Trinajstić information content (AvgIpc) is 1.91. The molecular weight excluding hydrogens is 153 g/mol. The summed E-state index contributed by atoms with van der Waals surface area (Å²) in [6.07, 6.45) is 1.64. The van der Waals surface area contributed by atoms with E-state index >= 15 is 0 Å². The van der Waals surface area contributed by atoms with Crippen molar-refractivity contribution in [3.05, 3.63) is 0 Å². The van der Waals surface area contributed by atoms with Crippen LogP contribution in [0, 0.1) is 0 Å². The Morgan fingerprint density at radius 1 is 1.40 bits per heavy atom. The van der Waals surface area contributed by atoms with Crippen LogP contribution in [0.15, 0.2) is 0 Å². The van der Waals surface area contributed by atoms with E-state index in [1.54, 1.807) is 0 Å². The van der Waals surface area contributed by atoms with Gasteiger partial charge in [0.05, 0.1) is 0 Å². The second kappa shape index (κ2) is 10.3. The normalized spacial score (nSPS) is 9.10. The van der Waals surface area contributed by atoms with E-state index in [4.69, 9.17) is 0 Å². The van der Waals surface area contributed by atoms with E-state index < -0.39 is 0 Å². The Hall–Kier alpha value is 1.27. The van der Waals surface area contributed by atoms with Gasteiger partial charge in [0, 0.05) is 13.0 Å². The van der Waals surface area contributed by atoms with Crippen molar-refractivity contribution in [3.63, 3.8) is 0 Å². The fraction of sp³-hybridized carbons (Fsp3) is 0.857. The Balaban J connectivity index is -0.000000320. The zero-order valence-electron chi connectivity index (χ0n) is 8.26. The molecule has 0 aliphatic rings. The quantitative estimate of drug-likeness (QED) is 0.352. The number of nitrogens with zero attached hydrogens (tertiary/aromatic N) is 1. The summed E-state index contributed by atoms with van der Waals surface area (Å²) in [5, 5.41) is 0. The smallest absolute Gasteiger partial charge is 1.00 e. The largest absolute Gasteiger partial charge is 1.00 e. The van der Waals surface area contributed by atoms with Gasteiger partial charge in [0.25, 0.3) is 0 Å². The molecule has 0 amide bonds. The second-order valence-corrected chi connectivity index (χ2v) is 1.98. The summed E-state index contributed by atoms with van der Waals surface area (Å²) in [6, 6.07) is 0. The Morgan fingerprint density at radius 3 is 2.20 bits per heavy atom. The van der Waals surface area contributed by atoms with Crippen molar-refractivity contribution in [2.75, 3.05) is 19.6 Å². The third-order valence-electron chi connectivity index (χ3n) is 1.46. The molecule has 0 aromatic carbocycles. The molecule has 2 nitrogen and oxygen atoms in total. The Labute approximate surface area is 107 Å². The van der Waals surface area contributed by atoms with E-state index in [1.807, 2.05) is 0 Å². The summed E-state index contributed by atoms with van der Waals surface area (Å²) in [5.74, 6) is 0.